The summed E-state index contributed by atoms with van der Waals surface area (Å²) in [6.45, 7) is 0.312. The molecule has 2 rings (SSSR count). The van der Waals surface area contributed by atoms with Crippen LogP contribution in [0.4, 0.5) is 10.1 Å². The van der Waals surface area contributed by atoms with Gasteiger partial charge in [-0.05, 0) is 42.0 Å². The minimum atomic E-state index is -0.381. The van der Waals surface area contributed by atoms with E-state index in [9.17, 15) is 4.39 Å². The second-order valence-electron chi connectivity index (χ2n) is 4.15. The SMILES string of the molecule is NCC(Nc1cccc(Cl)c1)c1cc(F)cc(Cl)c1. The molecular formula is C14H13Cl2FN2. The van der Waals surface area contributed by atoms with Crippen LogP contribution in [0.5, 0.6) is 0 Å². The van der Waals surface area contributed by atoms with Crippen LogP contribution in [0.15, 0.2) is 42.5 Å². The normalized spacial score (nSPS) is 12.2. The monoisotopic (exact) mass is 298 g/mol. The van der Waals surface area contributed by atoms with Crippen molar-refractivity contribution in [2.45, 2.75) is 6.04 Å². The van der Waals surface area contributed by atoms with E-state index < -0.39 is 0 Å². The third-order valence-corrected chi connectivity index (χ3v) is 3.14. The topological polar surface area (TPSA) is 38.0 Å². The number of rotatable bonds is 4. The first-order valence-electron chi connectivity index (χ1n) is 5.76. The molecule has 1 atom stereocenters. The van der Waals surface area contributed by atoms with E-state index >= 15 is 0 Å². The molecule has 0 aliphatic heterocycles. The fourth-order valence-electron chi connectivity index (χ4n) is 1.83. The average molecular weight is 299 g/mol. The Balaban J connectivity index is 2.24. The zero-order valence-corrected chi connectivity index (χ0v) is 11.5. The Labute approximate surface area is 121 Å². The first-order valence-corrected chi connectivity index (χ1v) is 6.52. The van der Waals surface area contributed by atoms with Gasteiger partial charge in [0.2, 0.25) is 0 Å². The second kappa shape index (κ2) is 6.24. The van der Waals surface area contributed by atoms with Crippen LogP contribution in [-0.4, -0.2) is 6.54 Å². The maximum absolute atomic E-state index is 13.4. The van der Waals surface area contributed by atoms with Gasteiger partial charge in [-0.2, -0.15) is 0 Å². The molecule has 1 unspecified atom stereocenters. The minimum absolute atomic E-state index is 0.230. The lowest BCUT2D eigenvalue weighted by Gasteiger charge is -2.19. The molecule has 100 valence electrons. The van der Waals surface area contributed by atoms with Gasteiger partial charge in [0.15, 0.2) is 0 Å². The molecule has 0 amide bonds. The smallest absolute Gasteiger partial charge is 0.125 e. The summed E-state index contributed by atoms with van der Waals surface area (Å²) in [5.41, 5.74) is 7.25. The lowest BCUT2D eigenvalue weighted by Crippen LogP contribution is -2.20. The van der Waals surface area contributed by atoms with Gasteiger partial charge in [0.25, 0.3) is 0 Å². The summed E-state index contributed by atoms with van der Waals surface area (Å²) in [5, 5.41) is 4.18. The Bertz CT molecular complexity index is 555. The fraction of sp³-hybridized carbons (Fsp3) is 0.143. The van der Waals surface area contributed by atoms with Crippen molar-refractivity contribution in [2.75, 3.05) is 11.9 Å². The van der Waals surface area contributed by atoms with E-state index in [2.05, 4.69) is 5.32 Å². The van der Waals surface area contributed by atoms with E-state index in [1.807, 2.05) is 12.1 Å². The Morgan fingerprint density at radius 2 is 1.89 bits per heavy atom. The van der Waals surface area contributed by atoms with Gasteiger partial charge in [-0.3, -0.25) is 0 Å². The lowest BCUT2D eigenvalue weighted by molar-refractivity contribution is 0.622. The number of nitrogens with one attached hydrogen (secondary N) is 1. The van der Waals surface area contributed by atoms with Crippen LogP contribution >= 0.6 is 23.2 Å². The van der Waals surface area contributed by atoms with Crippen molar-refractivity contribution >= 4 is 28.9 Å². The third-order valence-electron chi connectivity index (χ3n) is 2.69. The molecular weight excluding hydrogens is 286 g/mol. The Morgan fingerprint density at radius 3 is 2.53 bits per heavy atom. The molecule has 0 radical (unpaired) electrons. The van der Waals surface area contributed by atoms with Crippen LogP contribution < -0.4 is 11.1 Å². The van der Waals surface area contributed by atoms with E-state index in [4.69, 9.17) is 28.9 Å². The number of hydrogen-bond acceptors (Lipinski definition) is 2. The molecule has 0 aliphatic rings. The van der Waals surface area contributed by atoms with E-state index in [1.165, 1.54) is 12.1 Å². The van der Waals surface area contributed by atoms with Gasteiger partial charge in [-0.1, -0.05) is 29.3 Å². The van der Waals surface area contributed by atoms with Crippen LogP contribution in [0.1, 0.15) is 11.6 Å². The van der Waals surface area contributed by atoms with Crippen LogP contribution in [0.3, 0.4) is 0 Å². The van der Waals surface area contributed by atoms with Crippen molar-refractivity contribution in [1.29, 1.82) is 0 Å². The quantitative estimate of drug-likeness (QED) is 0.886. The average Bonchev–Trinajstić information content (AvgIpc) is 2.34. The zero-order chi connectivity index (χ0) is 13.8. The highest BCUT2D eigenvalue weighted by Gasteiger charge is 2.11. The second-order valence-corrected chi connectivity index (χ2v) is 5.02. The minimum Gasteiger partial charge on any atom is -0.377 e. The summed E-state index contributed by atoms with van der Waals surface area (Å²) >= 11 is 11.8. The van der Waals surface area contributed by atoms with Crippen molar-refractivity contribution in [3.63, 3.8) is 0 Å². The molecule has 0 saturated carbocycles. The van der Waals surface area contributed by atoms with Gasteiger partial charge in [-0.15, -0.1) is 0 Å². The van der Waals surface area contributed by atoms with E-state index in [1.54, 1.807) is 18.2 Å². The van der Waals surface area contributed by atoms with Crippen LogP contribution in [0.25, 0.3) is 0 Å². The predicted molar refractivity (Wildman–Crippen MR) is 78.3 cm³/mol. The van der Waals surface area contributed by atoms with Crippen LogP contribution in [0, 0.1) is 5.82 Å². The van der Waals surface area contributed by atoms with Gasteiger partial charge in [0.1, 0.15) is 5.82 Å². The van der Waals surface area contributed by atoms with E-state index in [-0.39, 0.29) is 11.9 Å². The summed E-state index contributed by atoms with van der Waals surface area (Å²) in [6.07, 6.45) is 0. The summed E-state index contributed by atoms with van der Waals surface area (Å²) in [6, 6.07) is 11.4. The number of nitrogens with two attached hydrogens (primary N) is 1. The van der Waals surface area contributed by atoms with Gasteiger partial charge < -0.3 is 11.1 Å². The van der Waals surface area contributed by atoms with Crippen molar-refractivity contribution in [1.82, 2.24) is 0 Å². The Hall–Kier alpha value is -1.29. The first-order chi connectivity index (χ1) is 9.08. The summed E-state index contributed by atoms with van der Waals surface area (Å²) in [5.74, 6) is -0.381. The van der Waals surface area contributed by atoms with E-state index in [0.717, 1.165) is 5.69 Å². The molecule has 0 bridgehead atoms. The van der Waals surface area contributed by atoms with Crippen molar-refractivity contribution in [3.8, 4) is 0 Å². The highest BCUT2D eigenvalue weighted by atomic mass is 35.5. The maximum atomic E-state index is 13.4. The predicted octanol–water partition coefficient (Wildman–Crippen LogP) is 4.24. The van der Waals surface area contributed by atoms with Crippen molar-refractivity contribution in [2.24, 2.45) is 5.73 Å². The first kappa shape index (κ1) is 14.1. The zero-order valence-electron chi connectivity index (χ0n) is 10.0. The molecule has 0 spiro atoms. The third kappa shape index (κ3) is 3.83. The summed E-state index contributed by atoms with van der Waals surface area (Å²) in [4.78, 5) is 0. The Kier molecular flexibility index (Phi) is 4.64. The van der Waals surface area contributed by atoms with Gasteiger partial charge >= 0.3 is 0 Å². The Morgan fingerprint density at radius 1 is 1.11 bits per heavy atom. The number of anilines is 1. The highest BCUT2D eigenvalue weighted by molar-refractivity contribution is 6.31. The number of halogens is 3. The number of benzene rings is 2. The molecule has 2 aromatic carbocycles. The molecule has 0 saturated heterocycles. The summed E-state index contributed by atoms with van der Waals surface area (Å²) < 4.78 is 13.4. The van der Waals surface area contributed by atoms with Gasteiger partial charge in [0, 0.05) is 22.3 Å². The van der Waals surface area contributed by atoms with Crippen LogP contribution in [-0.2, 0) is 0 Å². The molecule has 2 aromatic rings. The van der Waals surface area contributed by atoms with Crippen LogP contribution in [0.2, 0.25) is 10.0 Å². The molecule has 0 heterocycles. The molecule has 2 nitrogen and oxygen atoms in total. The number of hydrogen-bond donors (Lipinski definition) is 2. The molecule has 3 N–H and O–H groups in total. The van der Waals surface area contributed by atoms with Crippen molar-refractivity contribution in [3.05, 3.63) is 63.9 Å². The van der Waals surface area contributed by atoms with Gasteiger partial charge in [-0.25, -0.2) is 4.39 Å². The molecule has 0 aromatic heterocycles. The standard InChI is InChI=1S/C14H13Cl2FN2/c15-10-2-1-3-13(7-10)19-14(8-18)9-4-11(16)6-12(17)5-9/h1-7,14,19H,8,18H2. The highest BCUT2D eigenvalue weighted by Crippen LogP contribution is 2.24. The molecule has 0 fully saturated rings. The largest absolute Gasteiger partial charge is 0.377 e. The molecule has 0 aliphatic carbocycles. The fourth-order valence-corrected chi connectivity index (χ4v) is 2.25. The summed E-state index contributed by atoms with van der Waals surface area (Å²) in [7, 11) is 0. The molecule has 19 heavy (non-hydrogen) atoms. The van der Waals surface area contributed by atoms with Gasteiger partial charge in [0.05, 0.1) is 6.04 Å². The molecule has 5 heteroatoms. The van der Waals surface area contributed by atoms with E-state index in [0.29, 0.717) is 22.2 Å². The maximum Gasteiger partial charge on any atom is 0.125 e. The van der Waals surface area contributed by atoms with Crippen molar-refractivity contribution < 1.29 is 4.39 Å². The lowest BCUT2D eigenvalue weighted by atomic mass is 10.1.